The Kier molecular flexibility index (Phi) is 6.30. The maximum absolute atomic E-state index is 13.2. The van der Waals surface area contributed by atoms with Crippen LogP contribution >= 0.6 is 0 Å². The third-order valence-corrected chi connectivity index (χ3v) is 9.67. The second-order valence-electron chi connectivity index (χ2n) is 8.21. The molecule has 0 aromatic heterocycles. The molecule has 0 unspecified atom stereocenters. The lowest BCUT2D eigenvalue weighted by Gasteiger charge is -2.34. The molecule has 2 aliphatic heterocycles. The summed E-state index contributed by atoms with van der Waals surface area (Å²) in [5.74, 6) is -1.17. The summed E-state index contributed by atoms with van der Waals surface area (Å²) >= 11 is 0. The standard InChI is InChI=1S/C22H25N3O6S2/c1-15-6-8-16(9-7-15)33(30,31)25-12-11-23-22(27)19(25)14-21(26)24-18-10-13-32(28,29)20-5-3-2-4-17(18)20/h2-9,18-19H,10-14H2,1H3,(H,23,27)(H,24,26)/t18-,19-/m1/s1. The Morgan fingerprint density at radius 1 is 1.15 bits per heavy atom. The summed E-state index contributed by atoms with van der Waals surface area (Å²) in [5.41, 5.74) is 1.39. The number of aryl methyl sites for hydroxylation is 1. The first-order chi connectivity index (χ1) is 15.6. The molecule has 0 saturated carbocycles. The van der Waals surface area contributed by atoms with Gasteiger partial charge in [-0.2, -0.15) is 4.31 Å². The molecule has 1 fully saturated rings. The first-order valence-electron chi connectivity index (χ1n) is 10.6. The molecule has 0 spiro atoms. The Balaban J connectivity index is 1.55. The van der Waals surface area contributed by atoms with Crippen LogP contribution in [0.5, 0.6) is 0 Å². The van der Waals surface area contributed by atoms with Gasteiger partial charge in [-0.25, -0.2) is 16.8 Å². The van der Waals surface area contributed by atoms with Crippen molar-refractivity contribution in [3.05, 3.63) is 59.7 Å². The molecule has 33 heavy (non-hydrogen) atoms. The molecule has 2 atom stereocenters. The lowest BCUT2D eigenvalue weighted by molar-refractivity contribution is -0.131. The highest BCUT2D eigenvalue weighted by Gasteiger charge is 2.40. The molecule has 2 N–H and O–H groups in total. The van der Waals surface area contributed by atoms with Gasteiger partial charge in [-0.15, -0.1) is 0 Å². The van der Waals surface area contributed by atoms with E-state index in [1.54, 1.807) is 30.3 Å². The molecule has 0 aliphatic carbocycles. The van der Waals surface area contributed by atoms with Gasteiger partial charge in [0.25, 0.3) is 0 Å². The number of fused-ring (bicyclic) bond motifs is 1. The van der Waals surface area contributed by atoms with Gasteiger partial charge >= 0.3 is 0 Å². The van der Waals surface area contributed by atoms with Crippen LogP contribution in [0.15, 0.2) is 58.3 Å². The fraction of sp³-hybridized carbons (Fsp3) is 0.364. The number of carbonyl (C=O) groups is 2. The Labute approximate surface area is 193 Å². The maximum Gasteiger partial charge on any atom is 0.243 e. The summed E-state index contributed by atoms with van der Waals surface area (Å²) in [4.78, 5) is 25.7. The van der Waals surface area contributed by atoms with E-state index in [1.165, 1.54) is 18.2 Å². The summed E-state index contributed by atoms with van der Waals surface area (Å²) in [6, 6.07) is 11.1. The normalized spacial score (nSPS) is 22.8. The zero-order chi connectivity index (χ0) is 23.8. The number of sulfone groups is 1. The Hall–Kier alpha value is -2.76. The van der Waals surface area contributed by atoms with Gasteiger partial charge in [-0.05, 0) is 37.1 Å². The summed E-state index contributed by atoms with van der Waals surface area (Å²) in [6.07, 6.45) is -0.171. The summed E-state index contributed by atoms with van der Waals surface area (Å²) in [7, 11) is -7.40. The van der Waals surface area contributed by atoms with Crippen LogP contribution in [0.2, 0.25) is 0 Å². The molecule has 2 aliphatic rings. The van der Waals surface area contributed by atoms with Crippen molar-refractivity contribution in [3.63, 3.8) is 0 Å². The van der Waals surface area contributed by atoms with E-state index < -0.39 is 43.8 Å². The number of hydrogen-bond acceptors (Lipinski definition) is 6. The highest BCUT2D eigenvalue weighted by molar-refractivity contribution is 7.91. The molecular formula is C22H25N3O6S2. The average molecular weight is 492 g/mol. The molecule has 9 nitrogen and oxygen atoms in total. The minimum Gasteiger partial charge on any atom is -0.353 e. The Bertz CT molecular complexity index is 1290. The third kappa shape index (κ3) is 4.66. The quantitative estimate of drug-likeness (QED) is 0.640. The van der Waals surface area contributed by atoms with Gasteiger partial charge in [0.05, 0.1) is 28.0 Å². The summed E-state index contributed by atoms with van der Waals surface area (Å²) in [6.45, 7) is 2.03. The number of nitrogens with one attached hydrogen (secondary N) is 2. The SMILES string of the molecule is Cc1ccc(S(=O)(=O)N2CCNC(=O)[C@H]2CC(=O)N[C@@H]2CCS(=O)(=O)c3ccccc32)cc1. The summed E-state index contributed by atoms with van der Waals surface area (Å²) < 4.78 is 52.2. The molecule has 0 bridgehead atoms. The van der Waals surface area contributed by atoms with Crippen molar-refractivity contribution in [1.82, 2.24) is 14.9 Å². The molecule has 2 aromatic carbocycles. The van der Waals surface area contributed by atoms with Crippen molar-refractivity contribution in [2.24, 2.45) is 0 Å². The van der Waals surface area contributed by atoms with Gasteiger partial charge in [0.15, 0.2) is 9.84 Å². The molecule has 0 radical (unpaired) electrons. The number of piperazine rings is 1. The predicted octanol–water partition coefficient (Wildman–Crippen LogP) is 0.909. The van der Waals surface area contributed by atoms with Crippen LogP contribution in [0, 0.1) is 6.92 Å². The van der Waals surface area contributed by atoms with E-state index in [1.807, 2.05) is 6.92 Å². The van der Waals surface area contributed by atoms with Gasteiger partial charge in [-0.1, -0.05) is 35.9 Å². The van der Waals surface area contributed by atoms with Crippen LogP contribution in [0.3, 0.4) is 0 Å². The molecule has 11 heteroatoms. The van der Waals surface area contributed by atoms with Crippen molar-refractivity contribution in [2.45, 2.75) is 41.6 Å². The van der Waals surface area contributed by atoms with Crippen LogP contribution in [-0.4, -0.2) is 57.8 Å². The van der Waals surface area contributed by atoms with Crippen molar-refractivity contribution < 1.29 is 26.4 Å². The van der Waals surface area contributed by atoms with E-state index in [-0.39, 0.29) is 41.5 Å². The van der Waals surface area contributed by atoms with E-state index in [0.717, 1.165) is 9.87 Å². The molecule has 2 heterocycles. The van der Waals surface area contributed by atoms with Crippen molar-refractivity contribution in [1.29, 1.82) is 0 Å². The Morgan fingerprint density at radius 3 is 2.58 bits per heavy atom. The number of carbonyl (C=O) groups excluding carboxylic acids is 2. The van der Waals surface area contributed by atoms with Crippen molar-refractivity contribution in [3.8, 4) is 0 Å². The second kappa shape index (κ2) is 8.88. The number of sulfonamides is 1. The molecular weight excluding hydrogens is 466 g/mol. The van der Waals surface area contributed by atoms with Crippen LogP contribution < -0.4 is 10.6 Å². The van der Waals surface area contributed by atoms with Crippen molar-refractivity contribution in [2.75, 3.05) is 18.8 Å². The lowest BCUT2D eigenvalue weighted by Crippen LogP contribution is -2.58. The number of rotatable bonds is 5. The second-order valence-corrected chi connectivity index (χ2v) is 12.2. The molecule has 4 rings (SSSR count). The topological polar surface area (TPSA) is 130 Å². The molecule has 1 saturated heterocycles. The number of amides is 2. The predicted molar refractivity (Wildman–Crippen MR) is 120 cm³/mol. The highest BCUT2D eigenvalue weighted by Crippen LogP contribution is 2.32. The van der Waals surface area contributed by atoms with Crippen LogP contribution in [0.25, 0.3) is 0 Å². The largest absolute Gasteiger partial charge is 0.353 e. The van der Waals surface area contributed by atoms with E-state index in [2.05, 4.69) is 10.6 Å². The minimum absolute atomic E-state index is 0.0460. The molecule has 2 amide bonds. The molecule has 176 valence electrons. The molecule has 2 aromatic rings. The van der Waals surface area contributed by atoms with Gasteiger partial charge in [0, 0.05) is 13.1 Å². The summed E-state index contributed by atoms with van der Waals surface area (Å²) in [5, 5.41) is 5.42. The van der Waals surface area contributed by atoms with E-state index in [4.69, 9.17) is 0 Å². The minimum atomic E-state index is -3.99. The van der Waals surface area contributed by atoms with E-state index in [9.17, 15) is 26.4 Å². The Morgan fingerprint density at radius 2 is 1.85 bits per heavy atom. The van der Waals surface area contributed by atoms with Crippen LogP contribution in [0.1, 0.15) is 30.0 Å². The van der Waals surface area contributed by atoms with E-state index in [0.29, 0.717) is 5.56 Å². The lowest BCUT2D eigenvalue weighted by atomic mass is 10.0. The zero-order valence-electron chi connectivity index (χ0n) is 18.0. The smallest absolute Gasteiger partial charge is 0.243 e. The van der Waals surface area contributed by atoms with Crippen LogP contribution in [0.4, 0.5) is 0 Å². The fourth-order valence-electron chi connectivity index (χ4n) is 4.19. The van der Waals surface area contributed by atoms with Gasteiger partial charge < -0.3 is 10.6 Å². The van der Waals surface area contributed by atoms with Gasteiger partial charge in [0.2, 0.25) is 21.8 Å². The zero-order valence-corrected chi connectivity index (χ0v) is 19.7. The third-order valence-electron chi connectivity index (χ3n) is 5.93. The van der Waals surface area contributed by atoms with E-state index >= 15 is 0 Å². The number of nitrogens with zero attached hydrogens (tertiary/aromatic N) is 1. The number of benzene rings is 2. The monoisotopic (exact) mass is 491 g/mol. The first kappa shape index (κ1) is 23.4. The van der Waals surface area contributed by atoms with Gasteiger partial charge in [-0.3, -0.25) is 9.59 Å². The van der Waals surface area contributed by atoms with Crippen LogP contribution in [-0.2, 0) is 29.4 Å². The highest BCUT2D eigenvalue weighted by atomic mass is 32.2. The van der Waals surface area contributed by atoms with Crippen molar-refractivity contribution >= 4 is 31.7 Å². The number of hydrogen-bond donors (Lipinski definition) is 2. The van der Waals surface area contributed by atoms with Gasteiger partial charge in [0.1, 0.15) is 6.04 Å². The fourth-order valence-corrected chi connectivity index (χ4v) is 7.40. The average Bonchev–Trinajstić information content (AvgIpc) is 2.77. The first-order valence-corrected chi connectivity index (χ1v) is 13.7. The maximum atomic E-state index is 13.2.